The standard InChI is InChI=1S/C18H37N2O3P/c1-8-11-13-19(15-17(4)5)22-24(21-10-3)23-20(14-12-9-2)16-18(6)7/h15-16H,8-14H2,1-7H3. The van der Waals surface area contributed by atoms with Crippen molar-refractivity contribution in [2.24, 2.45) is 0 Å². The molecule has 6 heteroatoms. The molecule has 0 heterocycles. The van der Waals surface area contributed by atoms with Crippen molar-refractivity contribution in [3.05, 3.63) is 23.5 Å². The summed E-state index contributed by atoms with van der Waals surface area (Å²) in [5.74, 6) is 0. The fraction of sp³-hybridized carbons (Fsp3) is 0.778. The van der Waals surface area contributed by atoms with Crippen LogP contribution in [0, 0.1) is 0 Å². The first-order valence-electron chi connectivity index (χ1n) is 9.05. The molecule has 24 heavy (non-hydrogen) atoms. The second kappa shape index (κ2) is 14.7. The zero-order chi connectivity index (χ0) is 18.4. The molecule has 0 N–H and O–H groups in total. The van der Waals surface area contributed by atoms with Crippen molar-refractivity contribution in [2.75, 3.05) is 19.7 Å². The first-order valence-corrected chi connectivity index (χ1v) is 10.1. The van der Waals surface area contributed by atoms with Gasteiger partial charge in [-0.3, -0.25) is 10.1 Å². The molecule has 0 amide bonds. The average molecular weight is 360 g/mol. The second-order valence-corrected chi connectivity index (χ2v) is 7.24. The summed E-state index contributed by atoms with van der Waals surface area (Å²) in [6.07, 6.45) is 8.36. The first kappa shape index (κ1) is 23.4. The van der Waals surface area contributed by atoms with Gasteiger partial charge in [-0.1, -0.05) is 37.8 Å². The third-order valence-electron chi connectivity index (χ3n) is 2.85. The Morgan fingerprint density at radius 3 is 1.50 bits per heavy atom. The van der Waals surface area contributed by atoms with Crippen LogP contribution in [-0.4, -0.2) is 29.8 Å². The minimum Gasteiger partial charge on any atom is -0.310 e. The summed E-state index contributed by atoms with van der Waals surface area (Å²) in [6, 6.07) is 0. The zero-order valence-electron chi connectivity index (χ0n) is 16.7. The number of allylic oxidation sites excluding steroid dienone is 2. The third kappa shape index (κ3) is 12.8. The molecule has 0 bridgehead atoms. The van der Waals surface area contributed by atoms with Gasteiger partial charge in [0.1, 0.15) is 0 Å². The summed E-state index contributed by atoms with van der Waals surface area (Å²) < 4.78 is 17.7. The molecular weight excluding hydrogens is 323 g/mol. The van der Waals surface area contributed by atoms with Gasteiger partial charge in [-0.05, 0) is 47.5 Å². The SMILES string of the molecule is CCCCN(C=C(C)C)OP(OCC)ON(C=C(C)C)CCCC. The summed E-state index contributed by atoms with van der Waals surface area (Å²) in [4.78, 5) is 0. The summed E-state index contributed by atoms with van der Waals surface area (Å²) >= 11 is 0. The van der Waals surface area contributed by atoms with E-state index in [1.807, 2.05) is 29.5 Å². The first-order chi connectivity index (χ1) is 11.4. The molecule has 142 valence electrons. The molecule has 0 aliphatic carbocycles. The Morgan fingerprint density at radius 1 is 0.792 bits per heavy atom. The molecule has 0 aliphatic heterocycles. The zero-order valence-corrected chi connectivity index (χ0v) is 17.6. The number of unbranched alkanes of at least 4 members (excludes halogenated alkanes) is 2. The Morgan fingerprint density at radius 2 is 1.21 bits per heavy atom. The lowest BCUT2D eigenvalue weighted by atomic mass is 10.3. The maximum absolute atomic E-state index is 6.00. The minimum absolute atomic E-state index is 0.554. The molecule has 5 nitrogen and oxygen atoms in total. The smallest absolute Gasteiger partial charge is 0.310 e. The van der Waals surface area contributed by atoms with Gasteiger partial charge in [0.15, 0.2) is 0 Å². The van der Waals surface area contributed by atoms with E-state index in [1.54, 1.807) is 0 Å². The molecule has 0 aromatic rings. The van der Waals surface area contributed by atoms with Gasteiger partial charge in [0.2, 0.25) is 0 Å². The lowest BCUT2D eigenvalue weighted by Gasteiger charge is -2.28. The van der Waals surface area contributed by atoms with Gasteiger partial charge in [0.25, 0.3) is 0 Å². The largest absolute Gasteiger partial charge is 0.379 e. The molecule has 0 rings (SSSR count). The van der Waals surface area contributed by atoms with E-state index in [-0.39, 0.29) is 0 Å². The summed E-state index contributed by atoms with van der Waals surface area (Å²) in [5.41, 5.74) is 2.37. The maximum atomic E-state index is 6.00. The van der Waals surface area contributed by atoms with Crippen molar-refractivity contribution < 1.29 is 13.8 Å². The van der Waals surface area contributed by atoms with E-state index >= 15 is 0 Å². The van der Waals surface area contributed by atoms with Crippen LogP contribution < -0.4 is 0 Å². The molecule has 0 saturated heterocycles. The van der Waals surface area contributed by atoms with Crippen molar-refractivity contribution in [1.82, 2.24) is 10.1 Å². The Hall–Kier alpha value is -0.610. The molecule has 0 saturated carbocycles. The number of hydroxylamine groups is 4. The lowest BCUT2D eigenvalue weighted by molar-refractivity contribution is -0.0877. The van der Waals surface area contributed by atoms with E-state index in [1.165, 1.54) is 11.1 Å². The highest BCUT2D eigenvalue weighted by molar-refractivity contribution is 7.41. The molecule has 0 fully saturated rings. The van der Waals surface area contributed by atoms with Crippen LogP contribution in [0.5, 0.6) is 0 Å². The average Bonchev–Trinajstić information content (AvgIpc) is 2.49. The van der Waals surface area contributed by atoms with E-state index in [0.29, 0.717) is 6.61 Å². The Labute approximate surface area is 150 Å². The normalized spacial score (nSPS) is 10.7. The summed E-state index contributed by atoms with van der Waals surface area (Å²) in [6.45, 7) is 16.7. The van der Waals surface area contributed by atoms with E-state index in [4.69, 9.17) is 13.8 Å². The molecule has 0 aliphatic rings. The fourth-order valence-corrected chi connectivity index (χ4v) is 2.74. The van der Waals surface area contributed by atoms with Gasteiger partial charge in [-0.15, -0.1) is 0 Å². The van der Waals surface area contributed by atoms with Crippen LogP contribution in [0.2, 0.25) is 0 Å². The van der Waals surface area contributed by atoms with Crippen LogP contribution in [0.25, 0.3) is 0 Å². The highest BCUT2D eigenvalue weighted by Gasteiger charge is 2.20. The molecule has 0 radical (unpaired) electrons. The molecule has 0 unspecified atom stereocenters. The number of hydrogen-bond donors (Lipinski definition) is 0. The predicted molar refractivity (Wildman–Crippen MR) is 103 cm³/mol. The van der Waals surface area contributed by atoms with E-state index in [0.717, 1.165) is 38.8 Å². The summed E-state index contributed by atoms with van der Waals surface area (Å²) in [7, 11) is -1.47. The molecule has 0 aromatic carbocycles. The van der Waals surface area contributed by atoms with Crippen molar-refractivity contribution in [3.8, 4) is 0 Å². The summed E-state index contributed by atoms with van der Waals surface area (Å²) in [5, 5.41) is 3.70. The van der Waals surface area contributed by atoms with Crippen molar-refractivity contribution in [3.63, 3.8) is 0 Å². The van der Waals surface area contributed by atoms with Crippen molar-refractivity contribution >= 4 is 8.60 Å². The maximum Gasteiger partial charge on any atom is 0.379 e. The van der Waals surface area contributed by atoms with Gasteiger partial charge in [0, 0.05) is 25.5 Å². The van der Waals surface area contributed by atoms with Crippen molar-refractivity contribution in [1.29, 1.82) is 0 Å². The predicted octanol–water partition coefficient (Wildman–Crippen LogP) is 6.16. The monoisotopic (exact) mass is 360 g/mol. The van der Waals surface area contributed by atoms with Gasteiger partial charge in [0.05, 0.1) is 6.61 Å². The Bertz CT molecular complexity index is 335. The number of nitrogens with zero attached hydrogens (tertiary/aromatic N) is 2. The molecule has 0 atom stereocenters. The van der Waals surface area contributed by atoms with Crippen LogP contribution in [0.1, 0.15) is 74.1 Å². The van der Waals surface area contributed by atoms with Crippen LogP contribution in [-0.2, 0) is 13.8 Å². The number of hydrogen-bond acceptors (Lipinski definition) is 5. The van der Waals surface area contributed by atoms with Crippen LogP contribution >= 0.6 is 8.60 Å². The number of rotatable bonds is 14. The Balaban J connectivity index is 4.92. The highest BCUT2D eigenvalue weighted by atomic mass is 31.2. The van der Waals surface area contributed by atoms with E-state index in [9.17, 15) is 0 Å². The van der Waals surface area contributed by atoms with Crippen LogP contribution in [0.4, 0.5) is 0 Å². The topological polar surface area (TPSA) is 34.2 Å². The lowest BCUT2D eigenvalue weighted by Crippen LogP contribution is -2.23. The molecule has 0 spiro atoms. The van der Waals surface area contributed by atoms with Gasteiger partial charge in [-0.25, -0.2) is 0 Å². The van der Waals surface area contributed by atoms with Gasteiger partial charge >= 0.3 is 8.60 Å². The Kier molecular flexibility index (Phi) is 14.3. The highest BCUT2D eigenvalue weighted by Crippen LogP contribution is 2.42. The second-order valence-electron chi connectivity index (χ2n) is 6.21. The van der Waals surface area contributed by atoms with Crippen LogP contribution in [0.15, 0.2) is 23.5 Å². The minimum atomic E-state index is -1.47. The van der Waals surface area contributed by atoms with Crippen molar-refractivity contribution in [2.45, 2.75) is 74.1 Å². The van der Waals surface area contributed by atoms with E-state index < -0.39 is 8.60 Å². The van der Waals surface area contributed by atoms with Gasteiger partial charge < -0.3 is 4.52 Å². The molecular formula is C18H37N2O3P. The van der Waals surface area contributed by atoms with Gasteiger partial charge in [-0.2, -0.15) is 9.25 Å². The third-order valence-corrected chi connectivity index (χ3v) is 4.00. The molecule has 0 aromatic heterocycles. The fourth-order valence-electron chi connectivity index (χ4n) is 1.80. The van der Waals surface area contributed by atoms with E-state index in [2.05, 4.69) is 41.5 Å². The van der Waals surface area contributed by atoms with Crippen LogP contribution in [0.3, 0.4) is 0 Å². The quantitative estimate of drug-likeness (QED) is 0.273.